The van der Waals surface area contributed by atoms with E-state index in [-0.39, 0.29) is 23.5 Å². The first-order valence-corrected chi connectivity index (χ1v) is 6.19. The second-order valence-electron chi connectivity index (χ2n) is 4.83. The largest absolute Gasteiger partial charge is 0.508 e. The summed E-state index contributed by atoms with van der Waals surface area (Å²) in [6.45, 7) is 3.82. The van der Waals surface area contributed by atoms with Crippen LogP contribution >= 0.6 is 0 Å². The minimum absolute atomic E-state index is 0.00659. The Kier molecular flexibility index (Phi) is 3.71. The van der Waals surface area contributed by atoms with Crippen molar-refractivity contribution in [2.45, 2.75) is 32.4 Å². The van der Waals surface area contributed by atoms with E-state index < -0.39 is 0 Å². The van der Waals surface area contributed by atoms with Gasteiger partial charge < -0.3 is 10.8 Å². The lowest BCUT2D eigenvalue weighted by atomic mass is 10.1. The van der Waals surface area contributed by atoms with Gasteiger partial charge in [0.05, 0.1) is 6.04 Å². The van der Waals surface area contributed by atoms with Crippen molar-refractivity contribution >= 4 is 0 Å². The van der Waals surface area contributed by atoms with Crippen LogP contribution in [0.1, 0.15) is 37.3 Å². The molecule has 0 bridgehead atoms. The van der Waals surface area contributed by atoms with Gasteiger partial charge in [-0.2, -0.15) is 5.10 Å². The first kappa shape index (κ1) is 13.4. The molecule has 0 amide bonds. The molecule has 1 aromatic heterocycles. The third kappa shape index (κ3) is 2.85. The highest BCUT2D eigenvalue weighted by molar-refractivity contribution is 5.26. The number of hydrogen-bond donors (Lipinski definition) is 3. The van der Waals surface area contributed by atoms with Gasteiger partial charge in [0.15, 0.2) is 5.82 Å². The van der Waals surface area contributed by atoms with Crippen molar-refractivity contribution in [2.75, 3.05) is 0 Å². The fraction of sp³-hybridized carbons (Fsp3) is 0.385. The summed E-state index contributed by atoms with van der Waals surface area (Å²) in [7, 11) is 0. The summed E-state index contributed by atoms with van der Waals surface area (Å²) in [6, 6.07) is 6.47. The number of aromatic hydroxyl groups is 1. The van der Waals surface area contributed by atoms with Gasteiger partial charge in [0.25, 0.3) is 0 Å². The number of nitrogens with one attached hydrogen (secondary N) is 1. The van der Waals surface area contributed by atoms with Crippen LogP contribution in [0, 0.1) is 0 Å². The van der Waals surface area contributed by atoms with Crippen LogP contribution in [0.4, 0.5) is 0 Å². The predicted molar refractivity (Wildman–Crippen MR) is 72.0 cm³/mol. The van der Waals surface area contributed by atoms with E-state index in [1.807, 2.05) is 13.8 Å². The maximum absolute atomic E-state index is 11.6. The van der Waals surface area contributed by atoms with E-state index >= 15 is 0 Å². The van der Waals surface area contributed by atoms with E-state index in [9.17, 15) is 9.90 Å². The van der Waals surface area contributed by atoms with Crippen LogP contribution in [0.3, 0.4) is 0 Å². The zero-order chi connectivity index (χ0) is 14.0. The molecule has 0 fully saturated rings. The molecule has 0 aliphatic heterocycles. The molecule has 0 saturated carbocycles. The van der Waals surface area contributed by atoms with Crippen molar-refractivity contribution in [3.63, 3.8) is 0 Å². The number of aromatic amines is 1. The molecule has 2 aromatic rings. The molecular formula is C13H18N4O2. The number of nitrogens with two attached hydrogens (primary N) is 1. The number of benzene rings is 1. The van der Waals surface area contributed by atoms with Crippen molar-refractivity contribution < 1.29 is 5.11 Å². The van der Waals surface area contributed by atoms with Crippen LogP contribution in [0.15, 0.2) is 29.1 Å². The second-order valence-corrected chi connectivity index (χ2v) is 4.83. The van der Waals surface area contributed by atoms with Crippen LogP contribution < -0.4 is 11.4 Å². The lowest BCUT2D eigenvalue weighted by Crippen LogP contribution is -2.25. The molecule has 1 unspecified atom stereocenters. The van der Waals surface area contributed by atoms with E-state index in [4.69, 9.17) is 5.73 Å². The topological polar surface area (TPSA) is 96.9 Å². The second kappa shape index (κ2) is 5.27. The molecule has 0 spiro atoms. The zero-order valence-electron chi connectivity index (χ0n) is 11.0. The molecule has 4 N–H and O–H groups in total. The Labute approximate surface area is 110 Å². The van der Waals surface area contributed by atoms with E-state index in [1.165, 1.54) is 0 Å². The first-order chi connectivity index (χ1) is 8.99. The average Bonchev–Trinajstić information content (AvgIpc) is 2.74. The smallest absolute Gasteiger partial charge is 0.343 e. The normalized spacial score (nSPS) is 12.8. The summed E-state index contributed by atoms with van der Waals surface area (Å²) >= 11 is 0. The van der Waals surface area contributed by atoms with Crippen LogP contribution in [-0.2, 0) is 6.42 Å². The quantitative estimate of drug-likeness (QED) is 0.768. The number of hydrogen-bond acceptors (Lipinski definition) is 4. The molecule has 1 heterocycles. The molecule has 6 nitrogen and oxygen atoms in total. The minimum Gasteiger partial charge on any atom is -0.508 e. The van der Waals surface area contributed by atoms with Gasteiger partial charge in [-0.15, -0.1) is 0 Å². The monoisotopic (exact) mass is 262 g/mol. The van der Waals surface area contributed by atoms with Gasteiger partial charge in [-0.3, -0.25) is 4.57 Å². The Balaban J connectivity index is 2.23. The van der Waals surface area contributed by atoms with Crippen LogP contribution in [-0.4, -0.2) is 19.9 Å². The predicted octanol–water partition coefficient (Wildman–Crippen LogP) is 1.10. The van der Waals surface area contributed by atoms with Gasteiger partial charge in [-0.05, 0) is 38.0 Å². The molecule has 6 heteroatoms. The summed E-state index contributed by atoms with van der Waals surface area (Å²) in [5, 5.41) is 15.7. The van der Waals surface area contributed by atoms with Gasteiger partial charge in [0, 0.05) is 6.04 Å². The van der Waals surface area contributed by atoms with Crippen molar-refractivity contribution in [3.8, 4) is 5.75 Å². The summed E-state index contributed by atoms with van der Waals surface area (Å²) in [5.74, 6) is 0.768. The number of phenolic OH excluding ortho intramolecular Hbond substituents is 1. The molecule has 102 valence electrons. The Bertz CT molecular complexity index is 598. The van der Waals surface area contributed by atoms with Crippen LogP contribution in [0.2, 0.25) is 0 Å². The fourth-order valence-electron chi connectivity index (χ4n) is 2.05. The lowest BCUT2D eigenvalue weighted by molar-refractivity contribution is 0.474. The highest BCUT2D eigenvalue weighted by Crippen LogP contribution is 2.17. The summed E-state index contributed by atoms with van der Waals surface area (Å²) in [5.41, 5.74) is 6.85. The zero-order valence-corrected chi connectivity index (χ0v) is 11.0. The Hall–Kier alpha value is -2.08. The molecule has 0 saturated heterocycles. The number of nitrogens with zero attached hydrogens (tertiary/aromatic N) is 2. The summed E-state index contributed by atoms with van der Waals surface area (Å²) < 4.78 is 1.56. The molecule has 2 rings (SSSR count). The third-order valence-corrected chi connectivity index (χ3v) is 2.97. The number of aromatic nitrogens is 3. The maximum Gasteiger partial charge on any atom is 0.343 e. The van der Waals surface area contributed by atoms with E-state index in [1.54, 1.807) is 28.8 Å². The van der Waals surface area contributed by atoms with Crippen molar-refractivity contribution in [1.82, 2.24) is 14.8 Å². The molecule has 1 atom stereocenters. The highest BCUT2D eigenvalue weighted by Gasteiger charge is 2.18. The fourth-order valence-corrected chi connectivity index (χ4v) is 2.05. The highest BCUT2D eigenvalue weighted by atomic mass is 16.3. The lowest BCUT2D eigenvalue weighted by Gasteiger charge is -2.14. The minimum atomic E-state index is -0.370. The van der Waals surface area contributed by atoms with Crippen molar-refractivity contribution in [3.05, 3.63) is 46.1 Å². The van der Waals surface area contributed by atoms with Gasteiger partial charge in [-0.25, -0.2) is 9.89 Å². The standard InChI is InChI=1S/C13H18N4O2/c1-8(2)17-12(15-16-13(17)19)11(14)7-9-3-5-10(18)6-4-9/h3-6,8,11,18H,7,14H2,1-2H3,(H,16,19). The number of rotatable bonds is 4. The van der Waals surface area contributed by atoms with E-state index in [0.29, 0.717) is 12.2 Å². The van der Waals surface area contributed by atoms with Crippen LogP contribution in [0.25, 0.3) is 0 Å². The summed E-state index contributed by atoms with van der Waals surface area (Å²) in [4.78, 5) is 11.6. The van der Waals surface area contributed by atoms with E-state index in [2.05, 4.69) is 10.2 Å². The van der Waals surface area contributed by atoms with Gasteiger partial charge in [0.2, 0.25) is 0 Å². The first-order valence-electron chi connectivity index (χ1n) is 6.19. The molecule has 1 aromatic carbocycles. The molecule has 19 heavy (non-hydrogen) atoms. The number of H-pyrrole nitrogens is 1. The van der Waals surface area contributed by atoms with Crippen molar-refractivity contribution in [2.24, 2.45) is 5.73 Å². The molecule has 0 aliphatic rings. The van der Waals surface area contributed by atoms with Gasteiger partial charge >= 0.3 is 5.69 Å². The van der Waals surface area contributed by atoms with Gasteiger partial charge in [-0.1, -0.05) is 12.1 Å². The molecule has 0 aliphatic carbocycles. The maximum atomic E-state index is 11.6. The summed E-state index contributed by atoms with van der Waals surface area (Å²) in [6.07, 6.45) is 0.553. The number of phenols is 1. The Morgan fingerprint density at radius 2 is 2.00 bits per heavy atom. The Morgan fingerprint density at radius 3 is 2.58 bits per heavy atom. The van der Waals surface area contributed by atoms with Crippen molar-refractivity contribution in [1.29, 1.82) is 0 Å². The molecular weight excluding hydrogens is 244 g/mol. The molecule has 0 radical (unpaired) electrons. The third-order valence-electron chi connectivity index (χ3n) is 2.97. The average molecular weight is 262 g/mol. The van der Waals surface area contributed by atoms with E-state index in [0.717, 1.165) is 5.56 Å². The van der Waals surface area contributed by atoms with Crippen LogP contribution in [0.5, 0.6) is 5.75 Å². The Morgan fingerprint density at radius 1 is 1.37 bits per heavy atom. The van der Waals surface area contributed by atoms with Gasteiger partial charge in [0.1, 0.15) is 5.75 Å². The SMILES string of the molecule is CC(C)n1c(C(N)Cc2ccc(O)cc2)n[nH]c1=O.